The van der Waals surface area contributed by atoms with Crippen molar-refractivity contribution in [1.82, 2.24) is 10.2 Å². The van der Waals surface area contributed by atoms with E-state index in [-0.39, 0.29) is 0 Å². The molecule has 1 aromatic carbocycles. The molecule has 78 valence electrons. The third kappa shape index (κ3) is 2.93. The van der Waals surface area contributed by atoms with Crippen molar-refractivity contribution in [3.8, 4) is 10.9 Å². The molecule has 0 unspecified atom stereocenters. The Morgan fingerprint density at radius 3 is 2.53 bits per heavy atom. The standard InChI is InChI=1S/C9H7BrN2OS2/c1-14-7-4-2-6(3-5-7)13-9-12-11-8(10)15-9/h2-5H,1H3. The fourth-order valence-electron chi connectivity index (χ4n) is 0.979. The number of aromatic nitrogens is 2. The number of rotatable bonds is 3. The molecule has 15 heavy (non-hydrogen) atoms. The molecule has 2 rings (SSSR count). The van der Waals surface area contributed by atoms with Gasteiger partial charge in [0.2, 0.25) is 0 Å². The van der Waals surface area contributed by atoms with Gasteiger partial charge in [-0.2, -0.15) is 0 Å². The van der Waals surface area contributed by atoms with E-state index in [1.165, 1.54) is 16.2 Å². The second-order valence-corrected chi connectivity index (χ2v) is 5.69. The summed E-state index contributed by atoms with van der Waals surface area (Å²) >= 11 is 6.29. The molecule has 0 saturated heterocycles. The third-order valence-electron chi connectivity index (χ3n) is 1.65. The molecule has 3 nitrogen and oxygen atoms in total. The average molecular weight is 303 g/mol. The minimum atomic E-state index is 0.541. The molecule has 0 spiro atoms. The molecule has 2 aromatic rings. The molecule has 0 fully saturated rings. The molecule has 0 aliphatic heterocycles. The largest absolute Gasteiger partial charge is 0.430 e. The highest BCUT2D eigenvalue weighted by Crippen LogP contribution is 2.28. The van der Waals surface area contributed by atoms with Gasteiger partial charge in [0, 0.05) is 4.90 Å². The maximum absolute atomic E-state index is 5.50. The lowest BCUT2D eigenvalue weighted by Gasteiger charge is -2.01. The molecule has 0 amide bonds. The Morgan fingerprint density at radius 1 is 1.27 bits per heavy atom. The van der Waals surface area contributed by atoms with Crippen LogP contribution in [0.1, 0.15) is 0 Å². The van der Waals surface area contributed by atoms with Gasteiger partial charge in [-0.05, 0) is 57.8 Å². The maximum Gasteiger partial charge on any atom is 0.300 e. The first-order valence-electron chi connectivity index (χ1n) is 4.09. The van der Waals surface area contributed by atoms with Crippen molar-refractivity contribution in [1.29, 1.82) is 0 Å². The van der Waals surface area contributed by atoms with E-state index in [1.54, 1.807) is 11.8 Å². The van der Waals surface area contributed by atoms with E-state index in [0.29, 0.717) is 5.19 Å². The van der Waals surface area contributed by atoms with Crippen LogP contribution in [0.2, 0.25) is 0 Å². The Kier molecular flexibility index (Phi) is 3.61. The Bertz CT molecular complexity index is 444. The molecule has 1 heterocycles. The summed E-state index contributed by atoms with van der Waals surface area (Å²) in [6.07, 6.45) is 2.04. The van der Waals surface area contributed by atoms with Crippen molar-refractivity contribution in [2.24, 2.45) is 0 Å². The number of hydrogen-bond donors (Lipinski definition) is 0. The summed E-state index contributed by atoms with van der Waals surface area (Å²) in [5.74, 6) is 0.774. The molecule has 1 aromatic heterocycles. The van der Waals surface area contributed by atoms with E-state index in [1.807, 2.05) is 30.5 Å². The van der Waals surface area contributed by atoms with Gasteiger partial charge in [-0.15, -0.1) is 16.9 Å². The molecule has 0 aliphatic rings. The van der Waals surface area contributed by atoms with Crippen molar-refractivity contribution in [2.45, 2.75) is 4.90 Å². The number of halogens is 1. The van der Waals surface area contributed by atoms with Crippen LogP contribution in [0.25, 0.3) is 0 Å². The second kappa shape index (κ2) is 4.96. The fraction of sp³-hybridized carbons (Fsp3) is 0.111. The molecule has 0 N–H and O–H groups in total. The van der Waals surface area contributed by atoms with E-state index in [0.717, 1.165) is 9.67 Å². The molecular formula is C9H7BrN2OS2. The van der Waals surface area contributed by atoms with E-state index in [4.69, 9.17) is 4.74 Å². The molecule has 0 atom stereocenters. The molecule has 0 bridgehead atoms. The van der Waals surface area contributed by atoms with E-state index in [9.17, 15) is 0 Å². The van der Waals surface area contributed by atoms with Crippen molar-refractivity contribution in [3.63, 3.8) is 0 Å². The van der Waals surface area contributed by atoms with E-state index in [2.05, 4.69) is 26.1 Å². The predicted octanol–water partition coefficient (Wildman–Crippen LogP) is 3.81. The van der Waals surface area contributed by atoms with Gasteiger partial charge in [0.1, 0.15) is 5.75 Å². The van der Waals surface area contributed by atoms with Crippen LogP contribution in [-0.4, -0.2) is 16.5 Å². The number of benzene rings is 1. The van der Waals surface area contributed by atoms with Crippen LogP contribution in [0.15, 0.2) is 33.1 Å². The summed E-state index contributed by atoms with van der Waals surface area (Å²) in [5.41, 5.74) is 0. The summed E-state index contributed by atoms with van der Waals surface area (Å²) in [6.45, 7) is 0. The smallest absolute Gasteiger partial charge is 0.300 e. The van der Waals surface area contributed by atoms with Crippen molar-refractivity contribution >= 4 is 39.0 Å². The van der Waals surface area contributed by atoms with Gasteiger partial charge in [-0.3, -0.25) is 0 Å². The Balaban J connectivity index is 2.11. The lowest BCUT2D eigenvalue weighted by atomic mass is 10.3. The van der Waals surface area contributed by atoms with E-state index >= 15 is 0 Å². The normalized spacial score (nSPS) is 10.3. The van der Waals surface area contributed by atoms with Crippen LogP contribution in [0.3, 0.4) is 0 Å². The summed E-state index contributed by atoms with van der Waals surface area (Å²) in [5, 5.41) is 8.19. The van der Waals surface area contributed by atoms with Crippen LogP contribution < -0.4 is 4.74 Å². The Hall–Kier alpha value is -0.590. The molecule has 0 radical (unpaired) electrons. The third-order valence-corrected chi connectivity index (χ3v) is 3.62. The van der Waals surface area contributed by atoms with E-state index < -0.39 is 0 Å². The zero-order valence-electron chi connectivity index (χ0n) is 7.81. The topological polar surface area (TPSA) is 35.0 Å². The van der Waals surface area contributed by atoms with Crippen LogP contribution in [-0.2, 0) is 0 Å². The molecule has 0 aliphatic carbocycles. The highest BCUT2D eigenvalue weighted by atomic mass is 79.9. The SMILES string of the molecule is CSc1ccc(Oc2nnc(Br)s2)cc1. The lowest BCUT2D eigenvalue weighted by molar-refractivity contribution is 0.473. The second-order valence-electron chi connectivity index (χ2n) is 2.60. The minimum absolute atomic E-state index is 0.541. The first-order valence-corrected chi connectivity index (χ1v) is 6.92. The van der Waals surface area contributed by atoms with Gasteiger partial charge in [-0.1, -0.05) is 5.10 Å². The number of nitrogens with zero attached hydrogens (tertiary/aromatic N) is 2. The number of thioether (sulfide) groups is 1. The summed E-state index contributed by atoms with van der Waals surface area (Å²) in [6, 6.07) is 7.86. The Morgan fingerprint density at radius 2 is 2.00 bits per heavy atom. The van der Waals surface area contributed by atoms with Crippen molar-refractivity contribution in [3.05, 3.63) is 28.2 Å². The quantitative estimate of drug-likeness (QED) is 0.808. The summed E-state index contributed by atoms with van der Waals surface area (Å²) in [4.78, 5) is 1.21. The fourth-order valence-corrected chi connectivity index (χ4v) is 2.33. The van der Waals surface area contributed by atoms with Crippen molar-refractivity contribution < 1.29 is 4.74 Å². The maximum atomic E-state index is 5.50. The zero-order chi connectivity index (χ0) is 10.7. The molecule has 6 heteroatoms. The highest BCUT2D eigenvalue weighted by Gasteiger charge is 2.03. The van der Waals surface area contributed by atoms with Gasteiger partial charge in [0.15, 0.2) is 3.92 Å². The van der Waals surface area contributed by atoms with Gasteiger partial charge in [0.25, 0.3) is 5.19 Å². The zero-order valence-corrected chi connectivity index (χ0v) is 11.0. The van der Waals surface area contributed by atoms with Crippen molar-refractivity contribution in [2.75, 3.05) is 6.26 Å². The minimum Gasteiger partial charge on any atom is -0.430 e. The monoisotopic (exact) mass is 302 g/mol. The van der Waals surface area contributed by atoms with Gasteiger partial charge in [-0.25, -0.2) is 0 Å². The highest BCUT2D eigenvalue weighted by molar-refractivity contribution is 9.11. The van der Waals surface area contributed by atoms with Gasteiger partial charge < -0.3 is 4.74 Å². The lowest BCUT2D eigenvalue weighted by Crippen LogP contribution is -1.82. The average Bonchev–Trinajstić information content (AvgIpc) is 2.65. The van der Waals surface area contributed by atoms with Gasteiger partial charge >= 0.3 is 0 Å². The number of hydrogen-bond acceptors (Lipinski definition) is 5. The first-order chi connectivity index (χ1) is 7.28. The summed E-state index contributed by atoms with van der Waals surface area (Å²) < 4.78 is 6.22. The number of ether oxygens (including phenoxy) is 1. The van der Waals surface area contributed by atoms with Crippen LogP contribution in [0.4, 0.5) is 0 Å². The molecular weight excluding hydrogens is 296 g/mol. The Labute approximate surface area is 104 Å². The van der Waals surface area contributed by atoms with Gasteiger partial charge in [0.05, 0.1) is 0 Å². The predicted molar refractivity (Wildman–Crippen MR) is 65.9 cm³/mol. The van der Waals surface area contributed by atoms with Crippen LogP contribution >= 0.6 is 39.0 Å². The van der Waals surface area contributed by atoms with Crippen LogP contribution in [0.5, 0.6) is 10.9 Å². The summed E-state index contributed by atoms with van der Waals surface area (Å²) in [7, 11) is 0. The molecule has 0 saturated carbocycles. The van der Waals surface area contributed by atoms with Crippen LogP contribution in [0, 0.1) is 0 Å². The first kappa shape index (κ1) is 10.9.